The number of ether oxygens (including phenoxy) is 1. The maximum Gasteiger partial charge on any atom is 0.223 e. The number of methoxy groups -OCH3 is 1. The van der Waals surface area contributed by atoms with Gasteiger partial charge in [-0.25, -0.2) is 0 Å². The first-order valence-corrected chi connectivity index (χ1v) is 6.50. The van der Waals surface area contributed by atoms with Gasteiger partial charge in [0.05, 0.1) is 0 Å². The summed E-state index contributed by atoms with van der Waals surface area (Å²) in [5, 5.41) is 3.06. The van der Waals surface area contributed by atoms with E-state index >= 15 is 0 Å². The van der Waals surface area contributed by atoms with Crippen molar-refractivity contribution in [2.24, 2.45) is 17.1 Å². The van der Waals surface area contributed by atoms with E-state index in [1.54, 1.807) is 7.11 Å². The highest BCUT2D eigenvalue weighted by molar-refractivity contribution is 5.80. The molecule has 4 nitrogen and oxygen atoms in total. The van der Waals surface area contributed by atoms with E-state index in [1.807, 2.05) is 0 Å². The minimum absolute atomic E-state index is 0.0406. The van der Waals surface area contributed by atoms with Crippen molar-refractivity contribution >= 4 is 5.91 Å². The molecule has 0 aromatic rings. The summed E-state index contributed by atoms with van der Waals surface area (Å²) < 4.78 is 5.02. The molecule has 0 saturated heterocycles. The Morgan fingerprint density at radius 2 is 2.29 bits per heavy atom. The van der Waals surface area contributed by atoms with E-state index in [9.17, 15) is 4.79 Å². The van der Waals surface area contributed by atoms with Gasteiger partial charge < -0.3 is 15.8 Å². The second-order valence-corrected chi connectivity index (χ2v) is 5.66. The van der Waals surface area contributed by atoms with E-state index in [4.69, 9.17) is 10.5 Å². The summed E-state index contributed by atoms with van der Waals surface area (Å²) in [6.07, 6.45) is 4.07. The lowest BCUT2D eigenvalue weighted by Crippen LogP contribution is -2.45. The molecule has 0 aromatic heterocycles. The van der Waals surface area contributed by atoms with Gasteiger partial charge in [-0.1, -0.05) is 20.3 Å². The molecule has 1 aliphatic rings. The highest BCUT2D eigenvalue weighted by Crippen LogP contribution is 2.42. The summed E-state index contributed by atoms with van der Waals surface area (Å²) >= 11 is 0. The Morgan fingerprint density at radius 3 is 2.76 bits per heavy atom. The van der Waals surface area contributed by atoms with Crippen LogP contribution in [0.4, 0.5) is 0 Å². The number of rotatable bonds is 6. The van der Waals surface area contributed by atoms with Crippen molar-refractivity contribution in [3.63, 3.8) is 0 Å². The molecule has 1 amide bonds. The highest BCUT2D eigenvalue weighted by atomic mass is 16.5. The monoisotopic (exact) mass is 242 g/mol. The third-order valence-electron chi connectivity index (χ3n) is 3.88. The van der Waals surface area contributed by atoms with Crippen LogP contribution in [0.25, 0.3) is 0 Å². The molecule has 1 rings (SSSR count). The summed E-state index contributed by atoms with van der Waals surface area (Å²) in [7, 11) is 1.66. The smallest absolute Gasteiger partial charge is 0.223 e. The molecule has 1 fully saturated rings. The third-order valence-corrected chi connectivity index (χ3v) is 3.88. The molecule has 100 valence electrons. The molecule has 0 aromatic carbocycles. The Labute approximate surface area is 104 Å². The average molecular weight is 242 g/mol. The molecule has 1 aliphatic carbocycles. The predicted octanol–water partition coefficient (Wildman–Crippen LogP) is 1.29. The normalized spacial score (nSPS) is 24.6. The fourth-order valence-electron chi connectivity index (χ4n) is 2.62. The van der Waals surface area contributed by atoms with Gasteiger partial charge in [0.25, 0.3) is 0 Å². The average Bonchev–Trinajstić information content (AvgIpc) is 2.63. The first-order valence-electron chi connectivity index (χ1n) is 6.50. The highest BCUT2D eigenvalue weighted by Gasteiger charge is 2.39. The van der Waals surface area contributed by atoms with Crippen LogP contribution >= 0.6 is 0 Å². The predicted molar refractivity (Wildman–Crippen MR) is 68.6 cm³/mol. The zero-order chi connectivity index (χ0) is 12.9. The zero-order valence-corrected chi connectivity index (χ0v) is 11.3. The van der Waals surface area contributed by atoms with Crippen LogP contribution in [-0.4, -0.2) is 32.2 Å². The van der Waals surface area contributed by atoms with Crippen LogP contribution in [0.15, 0.2) is 0 Å². The van der Waals surface area contributed by atoms with Gasteiger partial charge in [-0.3, -0.25) is 4.79 Å². The van der Waals surface area contributed by atoms with Crippen molar-refractivity contribution in [2.45, 2.75) is 45.6 Å². The van der Waals surface area contributed by atoms with Gasteiger partial charge in [0.15, 0.2) is 0 Å². The third kappa shape index (κ3) is 3.96. The first kappa shape index (κ1) is 14.5. The fraction of sp³-hybridized carbons (Fsp3) is 0.923. The van der Waals surface area contributed by atoms with Crippen molar-refractivity contribution in [1.29, 1.82) is 0 Å². The Hall–Kier alpha value is -0.610. The Kier molecular flexibility index (Phi) is 5.40. The number of nitrogens with two attached hydrogens (primary N) is 1. The summed E-state index contributed by atoms with van der Waals surface area (Å²) in [6, 6.07) is 0.0406. The molecule has 4 heteroatoms. The second-order valence-electron chi connectivity index (χ2n) is 5.66. The topological polar surface area (TPSA) is 64.3 Å². The van der Waals surface area contributed by atoms with Crippen LogP contribution in [0.5, 0.6) is 0 Å². The summed E-state index contributed by atoms with van der Waals surface area (Å²) in [5.74, 6) is 0.304. The molecule has 2 unspecified atom stereocenters. The number of amides is 1. The van der Waals surface area contributed by atoms with Crippen LogP contribution < -0.4 is 11.1 Å². The largest absolute Gasteiger partial charge is 0.385 e. The van der Waals surface area contributed by atoms with Crippen LogP contribution in [0, 0.1) is 11.3 Å². The van der Waals surface area contributed by atoms with Gasteiger partial charge in [0.2, 0.25) is 5.91 Å². The molecule has 0 spiro atoms. The standard InChI is InChI=1S/C13H26N2O2/c1-13(2)7-4-5-11(13)12(16)15-10(9-14)6-8-17-3/h10-11H,4-9,14H2,1-3H3,(H,15,16). The van der Waals surface area contributed by atoms with Crippen molar-refractivity contribution in [3.05, 3.63) is 0 Å². The van der Waals surface area contributed by atoms with E-state index < -0.39 is 0 Å². The quantitative estimate of drug-likeness (QED) is 0.737. The fourth-order valence-corrected chi connectivity index (χ4v) is 2.62. The van der Waals surface area contributed by atoms with Crippen LogP contribution in [0.2, 0.25) is 0 Å². The van der Waals surface area contributed by atoms with Crippen LogP contribution in [0.3, 0.4) is 0 Å². The van der Waals surface area contributed by atoms with E-state index in [1.165, 1.54) is 0 Å². The Morgan fingerprint density at radius 1 is 1.59 bits per heavy atom. The lowest BCUT2D eigenvalue weighted by molar-refractivity contribution is -0.128. The van der Waals surface area contributed by atoms with E-state index in [2.05, 4.69) is 19.2 Å². The van der Waals surface area contributed by atoms with E-state index in [0.29, 0.717) is 13.2 Å². The van der Waals surface area contributed by atoms with Gasteiger partial charge in [-0.15, -0.1) is 0 Å². The maximum absolute atomic E-state index is 12.2. The van der Waals surface area contributed by atoms with Crippen molar-refractivity contribution < 1.29 is 9.53 Å². The number of hydrogen-bond acceptors (Lipinski definition) is 3. The maximum atomic E-state index is 12.2. The molecule has 17 heavy (non-hydrogen) atoms. The van der Waals surface area contributed by atoms with Crippen molar-refractivity contribution in [3.8, 4) is 0 Å². The van der Waals surface area contributed by atoms with Gasteiger partial charge in [-0.05, 0) is 24.7 Å². The number of carbonyl (C=O) groups is 1. The lowest BCUT2D eigenvalue weighted by atomic mass is 9.81. The van der Waals surface area contributed by atoms with Gasteiger partial charge in [0, 0.05) is 32.2 Å². The molecule has 0 aliphatic heterocycles. The second kappa shape index (κ2) is 6.36. The lowest BCUT2D eigenvalue weighted by Gasteiger charge is -2.28. The molecular formula is C13H26N2O2. The van der Waals surface area contributed by atoms with Crippen molar-refractivity contribution in [1.82, 2.24) is 5.32 Å². The molecular weight excluding hydrogens is 216 g/mol. The first-order chi connectivity index (χ1) is 8.01. The zero-order valence-electron chi connectivity index (χ0n) is 11.3. The van der Waals surface area contributed by atoms with Gasteiger partial charge in [-0.2, -0.15) is 0 Å². The molecule has 1 saturated carbocycles. The van der Waals surface area contributed by atoms with Crippen LogP contribution in [-0.2, 0) is 9.53 Å². The number of hydrogen-bond donors (Lipinski definition) is 2. The molecule has 3 N–H and O–H groups in total. The summed E-state index contributed by atoms with van der Waals surface area (Å²) in [4.78, 5) is 12.2. The summed E-state index contributed by atoms with van der Waals surface area (Å²) in [5.41, 5.74) is 5.79. The minimum atomic E-state index is 0.0406. The molecule has 0 bridgehead atoms. The number of carbonyl (C=O) groups excluding carboxylic acids is 1. The Bertz CT molecular complexity index is 254. The SMILES string of the molecule is COCCC(CN)NC(=O)C1CCCC1(C)C. The van der Waals surface area contributed by atoms with Crippen LogP contribution in [0.1, 0.15) is 39.5 Å². The van der Waals surface area contributed by atoms with Crippen molar-refractivity contribution in [2.75, 3.05) is 20.3 Å². The minimum Gasteiger partial charge on any atom is -0.385 e. The van der Waals surface area contributed by atoms with Gasteiger partial charge >= 0.3 is 0 Å². The number of nitrogens with one attached hydrogen (secondary N) is 1. The molecule has 0 heterocycles. The molecule has 2 atom stereocenters. The molecule has 0 radical (unpaired) electrons. The van der Waals surface area contributed by atoms with Gasteiger partial charge in [0.1, 0.15) is 0 Å². The van der Waals surface area contributed by atoms with E-state index in [0.717, 1.165) is 25.7 Å². The summed E-state index contributed by atoms with van der Waals surface area (Å²) in [6.45, 7) is 5.46. The Balaban J connectivity index is 2.47. The van der Waals surface area contributed by atoms with E-state index in [-0.39, 0.29) is 23.3 Å².